The molecule has 27 heavy (non-hydrogen) atoms. The lowest BCUT2D eigenvalue weighted by molar-refractivity contribution is -0.426. The van der Waals surface area contributed by atoms with Crippen LogP contribution in [0.4, 0.5) is 9.18 Å². The summed E-state index contributed by atoms with van der Waals surface area (Å²) in [5.41, 5.74) is 1.17. The van der Waals surface area contributed by atoms with Crippen LogP contribution >= 0.6 is 23.4 Å². The Bertz CT molecular complexity index is 871. The Kier molecular flexibility index (Phi) is 5.96. The number of carbonyl (C=O) groups is 3. The van der Waals surface area contributed by atoms with Crippen LogP contribution in [-0.2, 0) is 16.1 Å². The Morgan fingerprint density at radius 2 is 2.19 bits per heavy atom. The Hall–Kier alpha value is -2.19. The highest BCUT2D eigenvalue weighted by molar-refractivity contribution is 8.04. The maximum absolute atomic E-state index is 13.2. The number of benzene rings is 1. The van der Waals surface area contributed by atoms with Gasteiger partial charge in [-0.15, -0.1) is 11.8 Å². The lowest BCUT2D eigenvalue weighted by Gasteiger charge is -2.23. The number of halogens is 2. The zero-order valence-electron chi connectivity index (χ0n) is 14.6. The number of hydrogen-bond acceptors (Lipinski definition) is 4. The molecule has 142 valence electrons. The number of nitrogens with zero attached hydrogens (tertiary/aromatic N) is 2. The van der Waals surface area contributed by atoms with Crippen LogP contribution in [0.1, 0.15) is 18.9 Å². The van der Waals surface area contributed by atoms with Gasteiger partial charge in [0.1, 0.15) is 11.5 Å². The molecule has 1 aromatic carbocycles. The Balaban J connectivity index is 1.72. The van der Waals surface area contributed by atoms with Crippen LogP contribution in [0.25, 0.3) is 0 Å². The quantitative estimate of drug-likeness (QED) is 0.732. The van der Waals surface area contributed by atoms with Gasteiger partial charge < -0.3 is 5.32 Å². The minimum Gasteiger partial charge on any atom is -0.349 e. The molecular formula is C18H18ClFN3O3S+. The largest absolute Gasteiger partial charge is 0.501 e. The van der Waals surface area contributed by atoms with E-state index in [0.717, 1.165) is 0 Å². The first-order valence-electron chi connectivity index (χ1n) is 8.44. The molecule has 0 bridgehead atoms. The highest BCUT2D eigenvalue weighted by Gasteiger charge is 2.48. The minimum atomic E-state index is -0.528. The number of allylic oxidation sites excluding steroid dienone is 1. The average Bonchev–Trinajstić information content (AvgIpc) is 3.13. The van der Waals surface area contributed by atoms with Gasteiger partial charge in [0, 0.05) is 6.54 Å². The van der Waals surface area contributed by atoms with Gasteiger partial charge in [-0.1, -0.05) is 24.6 Å². The molecule has 6 nitrogen and oxygen atoms in total. The Labute approximate surface area is 165 Å². The Morgan fingerprint density at radius 1 is 1.41 bits per heavy atom. The topological polar surface area (TPSA) is 69.5 Å². The van der Waals surface area contributed by atoms with Crippen LogP contribution in [0, 0.1) is 5.82 Å². The van der Waals surface area contributed by atoms with Crippen molar-refractivity contribution in [2.24, 2.45) is 0 Å². The van der Waals surface area contributed by atoms with E-state index in [9.17, 15) is 18.8 Å². The number of rotatable bonds is 6. The fourth-order valence-corrected chi connectivity index (χ4v) is 4.06. The second kappa shape index (κ2) is 8.22. The van der Waals surface area contributed by atoms with Gasteiger partial charge in [-0.3, -0.25) is 4.79 Å². The molecule has 0 fully saturated rings. The number of imide groups is 1. The second-order valence-corrected chi connectivity index (χ2v) is 7.55. The van der Waals surface area contributed by atoms with E-state index in [0.29, 0.717) is 24.2 Å². The van der Waals surface area contributed by atoms with Gasteiger partial charge in [-0.25, -0.2) is 9.18 Å². The van der Waals surface area contributed by atoms with Crippen molar-refractivity contribution in [2.45, 2.75) is 25.1 Å². The molecule has 1 atom stereocenters. The zero-order chi connectivity index (χ0) is 19.6. The summed E-state index contributed by atoms with van der Waals surface area (Å²) in [6, 6.07) is 3.70. The highest BCUT2D eigenvalue weighted by Crippen LogP contribution is 2.27. The van der Waals surface area contributed by atoms with E-state index >= 15 is 0 Å². The van der Waals surface area contributed by atoms with Gasteiger partial charge in [-0.2, -0.15) is 14.3 Å². The predicted octanol–water partition coefficient (Wildman–Crippen LogP) is 2.55. The fraction of sp³-hybridized carbons (Fsp3) is 0.333. The maximum Gasteiger partial charge on any atom is 0.501 e. The third kappa shape index (κ3) is 4.06. The first-order valence-corrected chi connectivity index (χ1v) is 9.76. The predicted molar refractivity (Wildman–Crippen MR) is 101 cm³/mol. The van der Waals surface area contributed by atoms with Crippen LogP contribution in [-0.4, -0.2) is 51.4 Å². The first kappa shape index (κ1) is 19.6. The molecule has 1 unspecified atom stereocenters. The monoisotopic (exact) mass is 410 g/mol. The molecule has 0 radical (unpaired) electrons. The fourth-order valence-electron chi connectivity index (χ4n) is 2.89. The number of fused-ring (bicyclic) bond motifs is 1. The van der Waals surface area contributed by atoms with Crippen molar-refractivity contribution in [1.29, 1.82) is 0 Å². The minimum absolute atomic E-state index is 0.0202. The van der Waals surface area contributed by atoms with E-state index < -0.39 is 17.1 Å². The van der Waals surface area contributed by atoms with E-state index in [2.05, 4.69) is 5.32 Å². The lowest BCUT2D eigenvalue weighted by Crippen LogP contribution is -2.56. The molecule has 0 spiro atoms. The normalized spacial score (nSPS) is 18.9. The van der Waals surface area contributed by atoms with Crippen molar-refractivity contribution in [3.8, 4) is 0 Å². The number of carbonyl (C=O) groups excluding carboxylic acids is 3. The second-order valence-electron chi connectivity index (χ2n) is 6.13. The van der Waals surface area contributed by atoms with Gasteiger partial charge >= 0.3 is 11.9 Å². The third-order valence-corrected chi connectivity index (χ3v) is 5.51. The van der Waals surface area contributed by atoms with Crippen molar-refractivity contribution < 1.29 is 23.3 Å². The summed E-state index contributed by atoms with van der Waals surface area (Å²) in [4.78, 5) is 38.7. The van der Waals surface area contributed by atoms with Gasteiger partial charge in [0.05, 0.1) is 11.6 Å². The molecule has 1 N–H and O–H groups in total. The standard InChI is InChI=1S/C18H17ClFN3O3S/c1-2-6-22-17(25)16-14(5-7-27-16)23(18(22)26)10-15(24)21-9-11-3-4-13(20)12(19)8-11/h3-5,7-8,16H,2,6,9-10H2,1H3/p+1. The number of urea groups is 1. The molecule has 0 aromatic heterocycles. The van der Waals surface area contributed by atoms with E-state index in [-0.39, 0.29) is 29.9 Å². The van der Waals surface area contributed by atoms with Crippen LogP contribution in [0.3, 0.4) is 0 Å². The summed E-state index contributed by atoms with van der Waals surface area (Å²) in [6.45, 7) is 2.15. The van der Waals surface area contributed by atoms with Crippen LogP contribution < -0.4 is 5.32 Å². The molecule has 9 heteroatoms. The molecule has 0 aliphatic carbocycles. The molecule has 1 aromatic rings. The molecule has 2 aliphatic heterocycles. The smallest absolute Gasteiger partial charge is 0.349 e. The number of thioether (sulfide) groups is 1. The Morgan fingerprint density at radius 3 is 2.89 bits per heavy atom. The van der Waals surface area contributed by atoms with Crippen molar-refractivity contribution in [1.82, 2.24) is 10.2 Å². The number of nitrogens with one attached hydrogen (secondary N) is 1. The van der Waals surface area contributed by atoms with Crippen molar-refractivity contribution >= 4 is 46.9 Å². The summed E-state index contributed by atoms with van der Waals surface area (Å²) in [5, 5.41) is 3.94. The molecule has 4 amide bonds. The number of amides is 4. The molecule has 0 saturated carbocycles. The van der Waals surface area contributed by atoms with Crippen LogP contribution in [0.15, 0.2) is 29.7 Å². The van der Waals surface area contributed by atoms with Crippen molar-refractivity contribution in [3.05, 3.63) is 46.1 Å². The summed E-state index contributed by atoms with van der Waals surface area (Å²) < 4.78 is 14.5. The van der Waals surface area contributed by atoms with Crippen molar-refractivity contribution in [2.75, 3.05) is 13.1 Å². The van der Waals surface area contributed by atoms with Gasteiger partial charge in [0.25, 0.3) is 5.91 Å². The first-order chi connectivity index (χ1) is 12.9. The number of hydrogen-bond donors (Lipinski definition) is 1. The van der Waals surface area contributed by atoms with Crippen LogP contribution in [0.5, 0.6) is 0 Å². The SMILES string of the molecule is CCCN1C(=O)C2SC=CC2=[N+](CC(=O)NCc2ccc(F)c(Cl)c2)C1=O. The third-order valence-electron chi connectivity index (χ3n) is 4.21. The van der Waals surface area contributed by atoms with Gasteiger partial charge in [0.2, 0.25) is 0 Å². The van der Waals surface area contributed by atoms with Gasteiger partial charge in [-0.05, 0) is 35.6 Å². The van der Waals surface area contributed by atoms with Crippen molar-refractivity contribution in [3.63, 3.8) is 0 Å². The molecule has 3 rings (SSSR count). The highest BCUT2D eigenvalue weighted by atomic mass is 35.5. The van der Waals surface area contributed by atoms with E-state index in [4.69, 9.17) is 11.6 Å². The van der Waals surface area contributed by atoms with Crippen LogP contribution in [0.2, 0.25) is 5.02 Å². The lowest BCUT2D eigenvalue weighted by atomic mass is 10.1. The average molecular weight is 411 g/mol. The van der Waals surface area contributed by atoms with E-state index in [1.165, 1.54) is 39.4 Å². The van der Waals surface area contributed by atoms with E-state index in [1.807, 2.05) is 6.92 Å². The maximum atomic E-state index is 13.2. The summed E-state index contributed by atoms with van der Waals surface area (Å²) in [6.07, 6.45) is 2.34. The van der Waals surface area contributed by atoms with E-state index in [1.54, 1.807) is 11.5 Å². The molecule has 0 saturated heterocycles. The zero-order valence-corrected chi connectivity index (χ0v) is 16.1. The summed E-state index contributed by atoms with van der Waals surface area (Å²) >= 11 is 7.06. The molecular weight excluding hydrogens is 393 g/mol. The summed E-state index contributed by atoms with van der Waals surface area (Å²) in [7, 11) is 0. The summed E-state index contributed by atoms with van der Waals surface area (Å²) in [5.74, 6) is -1.16. The van der Waals surface area contributed by atoms with Gasteiger partial charge in [0.15, 0.2) is 11.8 Å². The molecule has 2 heterocycles. The molecule has 2 aliphatic rings.